The molecule has 0 amide bonds. The molecule has 0 saturated heterocycles. The van der Waals surface area contributed by atoms with Crippen molar-refractivity contribution >= 4 is 28.3 Å². The molecule has 2 aromatic carbocycles. The molecule has 0 spiro atoms. The molecule has 0 fully saturated rings. The van der Waals surface area contributed by atoms with Gasteiger partial charge in [0.2, 0.25) is 0 Å². The van der Waals surface area contributed by atoms with E-state index in [1.165, 1.54) is 7.11 Å². The smallest absolute Gasteiger partial charge is 0.347 e. The van der Waals surface area contributed by atoms with Crippen molar-refractivity contribution in [1.29, 1.82) is 0 Å². The van der Waals surface area contributed by atoms with Gasteiger partial charge in [-0.1, -0.05) is 24.3 Å². The maximum absolute atomic E-state index is 12.9. The number of hydrogen-bond acceptors (Lipinski definition) is 6. The number of phenols is 1. The Morgan fingerprint density at radius 3 is 2.80 bits per heavy atom. The van der Waals surface area contributed by atoms with Gasteiger partial charge in [-0.3, -0.25) is 9.59 Å². The molecule has 2 aromatic rings. The molecule has 1 heterocycles. The number of Topliss-reactive ketones (excluding diaryl/α,β-unsaturated/α-hetero) is 2. The molecule has 0 bridgehead atoms. The van der Waals surface area contributed by atoms with E-state index in [0.717, 1.165) is 6.26 Å². The van der Waals surface area contributed by atoms with Gasteiger partial charge in [-0.25, -0.2) is 4.79 Å². The maximum Gasteiger partial charge on any atom is 0.347 e. The van der Waals surface area contributed by atoms with E-state index in [9.17, 15) is 19.5 Å². The second kappa shape index (κ2) is 5.44. The summed E-state index contributed by atoms with van der Waals surface area (Å²) in [5, 5.41) is 11.7. The lowest BCUT2D eigenvalue weighted by Gasteiger charge is -2.31. The summed E-state index contributed by atoms with van der Waals surface area (Å²) in [5.74, 6) is -2.34. The van der Waals surface area contributed by atoms with Crippen LogP contribution < -0.4 is 0 Å². The van der Waals surface area contributed by atoms with Gasteiger partial charge in [0.1, 0.15) is 5.75 Å². The predicted molar refractivity (Wildman–Crippen MR) is 87.4 cm³/mol. The van der Waals surface area contributed by atoms with E-state index in [0.29, 0.717) is 10.8 Å². The van der Waals surface area contributed by atoms with Gasteiger partial charge in [0.25, 0.3) is 0 Å². The molecule has 2 aliphatic rings. The molecule has 6 nitrogen and oxygen atoms in total. The molecular weight excluding hydrogens is 324 g/mol. The highest BCUT2D eigenvalue weighted by Gasteiger charge is 2.44. The lowest BCUT2D eigenvalue weighted by atomic mass is 9.74. The number of hydrogen-bond donors (Lipinski definition) is 1. The van der Waals surface area contributed by atoms with Gasteiger partial charge in [0.15, 0.2) is 17.7 Å². The van der Waals surface area contributed by atoms with Crippen LogP contribution >= 0.6 is 0 Å². The van der Waals surface area contributed by atoms with Crippen LogP contribution in [-0.2, 0) is 14.3 Å². The van der Waals surface area contributed by atoms with E-state index in [-0.39, 0.29) is 34.7 Å². The highest BCUT2D eigenvalue weighted by Crippen LogP contribution is 2.42. The first-order chi connectivity index (χ1) is 12.0. The lowest BCUT2D eigenvalue weighted by molar-refractivity contribution is -0.152. The van der Waals surface area contributed by atoms with Crippen LogP contribution in [0.3, 0.4) is 0 Å². The Kier molecular flexibility index (Phi) is 3.35. The number of rotatable bonds is 1. The summed E-state index contributed by atoms with van der Waals surface area (Å²) in [4.78, 5) is 37.5. The van der Waals surface area contributed by atoms with Crippen molar-refractivity contribution in [3.8, 4) is 5.75 Å². The number of fused-ring (bicyclic) bond motifs is 3. The quantitative estimate of drug-likeness (QED) is 0.803. The first-order valence-electron chi connectivity index (χ1n) is 7.80. The first-order valence-corrected chi connectivity index (χ1v) is 7.80. The number of carbonyl (C=O) groups excluding carboxylic acids is 3. The Morgan fingerprint density at radius 2 is 2.04 bits per heavy atom. The fraction of sp³-hybridized carbons (Fsp3) is 0.211. The minimum Gasteiger partial charge on any atom is -0.507 e. The van der Waals surface area contributed by atoms with Gasteiger partial charge in [-0.15, -0.1) is 0 Å². The highest BCUT2D eigenvalue weighted by molar-refractivity contribution is 6.26. The molecule has 2 unspecified atom stereocenters. The Balaban J connectivity index is 1.88. The average molecular weight is 338 g/mol. The van der Waals surface area contributed by atoms with Crippen LogP contribution in [-0.4, -0.2) is 35.9 Å². The standard InChI is InChI=1S/C19H14O6/c1-24-19(23)14-7-11-13(8-25-14)18(22)15-12(16(11)20)6-9-4-2-3-5-10(9)17(15)21/h2-6,8,11,14,21H,7H2,1H3. The molecule has 0 aromatic heterocycles. The van der Waals surface area contributed by atoms with Crippen molar-refractivity contribution in [3.63, 3.8) is 0 Å². The largest absolute Gasteiger partial charge is 0.507 e. The van der Waals surface area contributed by atoms with Crippen LogP contribution in [0.1, 0.15) is 27.1 Å². The summed E-state index contributed by atoms with van der Waals surface area (Å²) >= 11 is 0. The first kappa shape index (κ1) is 15.4. The van der Waals surface area contributed by atoms with E-state index < -0.39 is 23.8 Å². The summed E-state index contributed by atoms with van der Waals surface area (Å²) < 4.78 is 9.92. The summed E-state index contributed by atoms with van der Waals surface area (Å²) in [7, 11) is 1.23. The van der Waals surface area contributed by atoms with Gasteiger partial charge in [-0.05, 0) is 11.5 Å². The summed E-state index contributed by atoms with van der Waals surface area (Å²) in [6, 6.07) is 8.60. The number of esters is 1. The summed E-state index contributed by atoms with van der Waals surface area (Å²) in [6.07, 6.45) is 0.259. The molecule has 25 heavy (non-hydrogen) atoms. The zero-order valence-corrected chi connectivity index (χ0v) is 13.3. The van der Waals surface area contributed by atoms with Crippen LogP contribution in [0.4, 0.5) is 0 Å². The van der Waals surface area contributed by atoms with E-state index in [1.807, 2.05) is 0 Å². The van der Waals surface area contributed by atoms with Crippen LogP contribution in [0.15, 0.2) is 42.2 Å². The second-order valence-corrected chi connectivity index (χ2v) is 6.07. The van der Waals surface area contributed by atoms with Gasteiger partial charge in [0, 0.05) is 22.9 Å². The monoisotopic (exact) mass is 338 g/mol. The Bertz CT molecular complexity index is 971. The normalized spacial score (nSPS) is 21.9. The van der Waals surface area contributed by atoms with Crippen molar-refractivity contribution in [2.75, 3.05) is 7.11 Å². The third-order valence-corrected chi connectivity index (χ3v) is 4.74. The maximum atomic E-state index is 12.9. The topological polar surface area (TPSA) is 89.9 Å². The van der Waals surface area contributed by atoms with Crippen molar-refractivity contribution in [1.82, 2.24) is 0 Å². The van der Waals surface area contributed by atoms with Gasteiger partial charge in [0.05, 0.1) is 24.9 Å². The Morgan fingerprint density at radius 1 is 1.28 bits per heavy atom. The summed E-state index contributed by atoms with van der Waals surface area (Å²) in [6.45, 7) is 0. The molecule has 1 aliphatic heterocycles. The minimum absolute atomic E-state index is 0.00804. The number of ketones is 2. The average Bonchev–Trinajstić information content (AvgIpc) is 2.65. The second-order valence-electron chi connectivity index (χ2n) is 6.07. The fourth-order valence-electron chi connectivity index (χ4n) is 3.46. The van der Waals surface area contributed by atoms with E-state index in [4.69, 9.17) is 4.74 Å². The molecule has 126 valence electrons. The highest BCUT2D eigenvalue weighted by atomic mass is 16.6. The molecule has 0 saturated carbocycles. The van der Waals surface area contributed by atoms with Crippen molar-refractivity contribution in [3.05, 3.63) is 53.3 Å². The SMILES string of the molecule is COC(=O)C1CC2C(=O)c3cc4ccccc4c(O)c3C(=O)C2=CO1. The molecular formula is C19H14O6. The molecule has 4 rings (SSSR count). The van der Waals surface area contributed by atoms with Gasteiger partial charge >= 0.3 is 5.97 Å². The number of benzene rings is 2. The van der Waals surface area contributed by atoms with Crippen LogP contribution in [0.25, 0.3) is 10.8 Å². The number of ether oxygens (including phenoxy) is 2. The lowest BCUT2D eigenvalue weighted by Crippen LogP contribution is -2.39. The number of aromatic hydroxyl groups is 1. The van der Waals surface area contributed by atoms with E-state index in [1.54, 1.807) is 30.3 Å². The van der Waals surface area contributed by atoms with Crippen molar-refractivity contribution in [2.45, 2.75) is 12.5 Å². The van der Waals surface area contributed by atoms with Crippen LogP contribution in [0, 0.1) is 5.92 Å². The fourth-order valence-corrected chi connectivity index (χ4v) is 3.46. The van der Waals surface area contributed by atoms with Crippen molar-refractivity contribution in [2.24, 2.45) is 5.92 Å². The van der Waals surface area contributed by atoms with Gasteiger partial charge < -0.3 is 14.6 Å². The van der Waals surface area contributed by atoms with Crippen molar-refractivity contribution < 1.29 is 29.0 Å². The number of carbonyl (C=O) groups is 3. The zero-order chi connectivity index (χ0) is 17.7. The molecule has 2 atom stereocenters. The number of phenolic OH excluding ortho intramolecular Hbond substituents is 1. The Labute approximate surface area is 142 Å². The molecule has 1 N–H and O–H groups in total. The van der Waals surface area contributed by atoms with Crippen LogP contribution in [0.2, 0.25) is 0 Å². The third kappa shape index (κ3) is 2.14. The van der Waals surface area contributed by atoms with Gasteiger partial charge in [-0.2, -0.15) is 0 Å². The summed E-state index contributed by atoms with van der Waals surface area (Å²) in [5.41, 5.74) is 0.323. The minimum atomic E-state index is -0.925. The number of methoxy groups -OCH3 is 1. The molecule has 1 aliphatic carbocycles. The number of allylic oxidation sites excluding steroid dienone is 1. The predicted octanol–water partition coefficient (Wildman–Crippen LogP) is 2.39. The zero-order valence-electron chi connectivity index (χ0n) is 13.3. The molecule has 0 radical (unpaired) electrons. The molecule has 6 heteroatoms. The van der Waals surface area contributed by atoms with Crippen LogP contribution in [0.5, 0.6) is 5.75 Å². The van der Waals surface area contributed by atoms with E-state index >= 15 is 0 Å². The van der Waals surface area contributed by atoms with E-state index in [2.05, 4.69) is 4.74 Å². The Hall–Kier alpha value is -3.15. The third-order valence-electron chi connectivity index (χ3n) is 4.74.